The topological polar surface area (TPSA) is 41.6 Å². The van der Waals surface area contributed by atoms with Crippen molar-refractivity contribution in [3.63, 3.8) is 0 Å². The smallest absolute Gasteiger partial charge is 0.317 e. The minimum Gasteiger partial charge on any atom is -0.492 e. The summed E-state index contributed by atoms with van der Waals surface area (Å²) < 4.78 is 18.3. The zero-order valence-electron chi connectivity index (χ0n) is 14.3. The van der Waals surface area contributed by atoms with Gasteiger partial charge in [0, 0.05) is 12.1 Å². The summed E-state index contributed by atoms with van der Waals surface area (Å²) in [6.07, 6.45) is 0.756. The van der Waals surface area contributed by atoms with Crippen LogP contribution in [-0.2, 0) is 0 Å². The van der Waals surface area contributed by atoms with E-state index in [-0.39, 0.29) is 17.9 Å². The third kappa shape index (κ3) is 5.94. The maximum atomic E-state index is 12.8. The molecule has 0 aromatic heterocycles. The lowest BCUT2D eigenvalue weighted by molar-refractivity contribution is 0.191. The van der Waals surface area contributed by atoms with Gasteiger partial charge in [0.05, 0.1) is 12.6 Å². The lowest BCUT2D eigenvalue weighted by Gasteiger charge is -2.23. The Bertz CT molecular complexity index is 694. The van der Waals surface area contributed by atoms with Crippen LogP contribution in [0.25, 0.3) is 0 Å². The van der Waals surface area contributed by atoms with Crippen molar-refractivity contribution in [1.82, 2.24) is 10.2 Å². The Kier molecular flexibility index (Phi) is 7.07. The van der Waals surface area contributed by atoms with E-state index in [1.54, 1.807) is 30.1 Å². The number of benzene rings is 2. The second-order valence-electron chi connectivity index (χ2n) is 5.69. The first kappa shape index (κ1) is 19.1. The van der Waals surface area contributed by atoms with Crippen molar-refractivity contribution in [2.45, 2.75) is 19.4 Å². The number of hydrogen-bond donors (Lipinski definition) is 1. The van der Waals surface area contributed by atoms with E-state index in [2.05, 4.69) is 5.32 Å². The Morgan fingerprint density at radius 2 is 2.00 bits per heavy atom. The fraction of sp³-hybridized carbons (Fsp3) is 0.316. The molecule has 0 bridgehead atoms. The summed E-state index contributed by atoms with van der Waals surface area (Å²) in [6, 6.07) is 13.0. The van der Waals surface area contributed by atoms with Gasteiger partial charge in [-0.15, -0.1) is 0 Å². The number of hydrogen-bond acceptors (Lipinski definition) is 2. The zero-order chi connectivity index (χ0) is 18.2. The van der Waals surface area contributed by atoms with Crippen molar-refractivity contribution in [2.75, 3.05) is 20.2 Å². The molecule has 2 aromatic carbocycles. The van der Waals surface area contributed by atoms with E-state index in [1.165, 1.54) is 12.1 Å². The zero-order valence-corrected chi connectivity index (χ0v) is 15.1. The fourth-order valence-corrected chi connectivity index (χ4v) is 2.54. The van der Waals surface area contributed by atoms with Crippen molar-refractivity contribution in [2.24, 2.45) is 0 Å². The van der Waals surface area contributed by atoms with Gasteiger partial charge in [0.1, 0.15) is 18.2 Å². The minimum atomic E-state index is -0.310. The van der Waals surface area contributed by atoms with Gasteiger partial charge in [-0.2, -0.15) is 0 Å². The fourth-order valence-electron chi connectivity index (χ4n) is 2.34. The average molecular weight is 365 g/mol. The third-order valence-electron chi connectivity index (χ3n) is 3.81. The van der Waals surface area contributed by atoms with E-state index < -0.39 is 0 Å². The molecule has 2 amide bonds. The van der Waals surface area contributed by atoms with E-state index in [0.717, 1.165) is 12.0 Å². The minimum absolute atomic E-state index is 0.105. The monoisotopic (exact) mass is 364 g/mol. The van der Waals surface area contributed by atoms with Crippen molar-refractivity contribution in [3.8, 4) is 5.75 Å². The van der Waals surface area contributed by atoms with Crippen molar-refractivity contribution in [1.29, 1.82) is 0 Å². The number of halogens is 2. The molecule has 0 saturated heterocycles. The van der Waals surface area contributed by atoms with Crippen LogP contribution < -0.4 is 10.1 Å². The summed E-state index contributed by atoms with van der Waals surface area (Å²) >= 11 is 6.02. The molecule has 0 aliphatic carbocycles. The van der Waals surface area contributed by atoms with Crippen LogP contribution in [-0.4, -0.2) is 31.1 Å². The van der Waals surface area contributed by atoms with E-state index >= 15 is 0 Å². The van der Waals surface area contributed by atoms with Crippen LogP contribution in [0.3, 0.4) is 0 Å². The quantitative estimate of drug-likeness (QED) is 0.776. The largest absolute Gasteiger partial charge is 0.492 e. The number of ether oxygens (including phenoxy) is 1. The number of amides is 2. The standard InChI is InChI=1S/C19H22ClFN2O2/c1-3-18(14-5-4-6-15(20)13-14)22-19(24)23(2)11-12-25-17-9-7-16(21)8-10-17/h4-10,13,18H,3,11-12H2,1-2H3,(H,22,24). The molecule has 4 nitrogen and oxygen atoms in total. The van der Waals surface area contributed by atoms with Gasteiger partial charge in [0.15, 0.2) is 0 Å². The molecule has 0 aliphatic rings. The van der Waals surface area contributed by atoms with Crippen molar-refractivity contribution < 1.29 is 13.9 Å². The molecular weight excluding hydrogens is 343 g/mol. The molecule has 2 rings (SSSR count). The highest BCUT2D eigenvalue weighted by molar-refractivity contribution is 6.30. The molecule has 0 aliphatic heterocycles. The van der Waals surface area contributed by atoms with Crippen LogP contribution in [0, 0.1) is 5.82 Å². The highest BCUT2D eigenvalue weighted by atomic mass is 35.5. The van der Waals surface area contributed by atoms with Gasteiger partial charge in [-0.3, -0.25) is 0 Å². The predicted molar refractivity (Wildman–Crippen MR) is 97.5 cm³/mol. The van der Waals surface area contributed by atoms with Crippen LogP contribution in [0.1, 0.15) is 24.9 Å². The second-order valence-corrected chi connectivity index (χ2v) is 6.13. The molecule has 0 saturated carbocycles. The normalized spacial score (nSPS) is 11.7. The maximum absolute atomic E-state index is 12.8. The SMILES string of the molecule is CCC(NC(=O)N(C)CCOc1ccc(F)cc1)c1cccc(Cl)c1. The van der Waals surface area contributed by atoms with Gasteiger partial charge in [-0.05, 0) is 48.4 Å². The van der Waals surface area contributed by atoms with Crippen molar-refractivity contribution >= 4 is 17.6 Å². The van der Waals surface area contributed by atoms with Gasteiger partial charge in [-0.1, -0.05) is 30.7 Å². The first-order chi connectivity index (χ1) is 12.0. The van der Waals surface area contributed by atoms with Gasteiger partial charge in [0.25, 0.3) is 0 Å². The van der Waals surface area contributed by atoms with Gasteiger partial charge in [0.2, 0.25) is 0 Å². The Morgan fingerprint density at radius 3 is 2.64 bits per heavy atom. The molecule has 1 N–H and O–H groups in total. The number of carbonyl (C=O) groups is 1. The van der Waals surface area contributed by atoms with Crippen LogP contribution >= 0.6 is 11.6 Å². The summed E-state index contributed by atoms with van der Waals surface area (Å²) in [5.74, 6) is 0.260. The van der Waals surface area contributed by atoms with E-state index in [9.17, 15) is 9.18 Å². The molecular formula is C19H22ClFN2O2. The number of urea groups is 1. The molecule has 1 unspecified atom stereocenters. The highest BCUT2D eigenvalue weighted by Gasteiger charge is 2.16. The predicted octanol–water partition coefficient (Wildman–Crippen LogP) is 4.65. The van der Waals surface area contributed by atoms with Crippen molar-refractivity contribution in [3.05, 3.63) is 64.9 Å². The van der Waals surface area contributed by atoms with Gasteiger partial charge in [-0.25, -0.2) is 9.18 Å². The Hall–Kier alpha value is -2.27. The lowest BCUT2D eigenvalue weighted by atomic mass is 10.1. The molecule has 6 heteroatoms. The molecule has 0 heterocycles. The summed E-state index contributed by atoms with van der Waals surface area (Å²) in [5.41, 5.74) is 0.972. The number of nitrogens with one attached hydrogen (secondary N) is 1. The van der Waals surface area contributed by atoms with E-state index in [1.807, 2.05) is 25.1 Å². The molecule has 134 valence electrons. The number of likely N-dealkylation sites (N-methyl/N-ethyl adjacent to an activating group) is 1. The molecule has 1 atom stereocenters. The summed E-state index contributed by atoms with van der Waals surface area (Å²) in [7, 11) is 1.70. The average Bonchev–Trinajstić information content (AvgIpc) is 2.61. The van der Waals surface area contributed by atoms with Crippen LogP contribution in [0.2, 0.25) is 5.02 Å². The number of rotatable bonds is 7. The summed E-state index contributed by atoms with van der Waals surface area (Å²) in [5, 5.41) is 3.63. The first-order valence-corrected chi connectivity index (χ1v) is 8.53. The number of carbonyl (C=O) groups excluding carboxylic acids is 1. The van der Waals surface area contributed by atoms with E-state index in [0.29, 0.717) is 23.9 Å². The van der Waals surface area contributed by atoms with Crippen LogP contribution in [0.5, 0.6) is 5.75 Å². The molecule has 0 spiro atoms. The Morgan fingerprint density at radius 1 is 1.28 bits per heavy atom. The Labute approximate surface area is 152 Å². The third-order valence-corrected chi connectivity index (χ3v) is 4.05. The highest BCUT2D eigenvalue weighted by Crippen LogP contribution is 2.20. The molecule has 2 aromatic rings. The maximum Gasteiger partial charge on any atom is 0.317 e. The van der Waals surface area contributed by atoms with Crippen LogP contribution in [0.4, 0.5) is 9.18 Å². The molecule has 0 radical (unpaired) electrons. The van der Waals surface area contributed by atoms with Gasteiger partial charge < -0.3 is 15.0 Å². The summed E-state index contributed by atoms with van der Waals surface area (Å²) in [4.78, 5) is 13.9. The molecule has 25 heavy (non-hydrogen) atoms. The van der Waals surface area contributed by atoms with E-state index in [4.69, 9.17) is 16.3 Å². The second kappa shape index (κ2) is 9.28. The first-order valence-electron chi connectivity index (χ1n) is 8.15. The summed E-state index contributed by atoms with van der Waals surface area (Å²) in [6.45, 7) is 2.74. The molecule has 0 fully saturated rings. The lowest BCUT2D eigenvalue weighted by Crippen LogP contribution is -2.41. The van der Waals surface area contributed by atoms with Crippen LogP contribution in [0.15, 0.2) is 48.5 Å². The number of nitrogens with zero attached hydrogens (tertiary/aromatic N) is 1. The Balaban J connectivity index is 1.83. The van der Waals surface area contributed by atoms with Gasteiger partial charge >= 0.3 is 6.03 Å².